The molecular formula is C24H25ClN2O4. The SMILES string of the molecule is CC(C)Oc1ccc(C2=C(N3CCOCC3)C(=O)N(Cc3ccc(Cl)cc3)C2=O)cc1. The topological polar surface area (TPSA) is 59.1 Å². The Labute approximate surface area is 187 Å². The predicted molar refractivity (Wildman–Crippen MR) is 119 cm³/mol. The second kappa shape index (κ2) is 9.12. The molecule has 0 unspecified atom stereocenters. The van der Waals surface area contributed by atoms with Crippen molar-refractivity contribution in [3.63, 3.8) is 0 Å². The summed E-state index contributed by atoms with van der Waals surface area (Å²) in [7, 11) is 0. The standard InChI is InChI=1S/C24H25ClN2O4/c1-16(2)31-20-9-5-18(6-10-20)21-22(26-11-13-30-14-12-26)24(29)27(23(21)28)15-17-3-7-19(25)8-4-17/h3-10,16H,11-15H2,1-2H3. The highest BCUT2D eigenvalue weighted by molar-refractivity contribution is 6.35. The molecule has 7 heteroatoms. The fourth-order valence-electron chi connectivity index (χ4n) is 3.79. The highest BCUT2D eigenvalue weighted by atomic mass is 35.5. The number of hydrogen-bond donors (Lipinski definition) is 0. The van der Waals surface area contributed by atoms with Crippen LogP contribution in [-0.2, 0) is 20.9 Å². The lowest BCUT2D eigenvalue weighted by Gasteiger charge is -2.29. The van der Waals surface area contributed by atoms with Crippen LogP contribution in [0.25, 0.3) is 5.57 Å². The number of carbonyl (C=O) groups is 2. The summed E-state index contributed by atoms with van der Waals surface area (Å²) >= 11 is 5.97. The molecule has 2 aliphatic rings. The number of ether oxygens (including phenoxy) is 2. The lowest BCUT2D eigenvalue weighted by Crippen LogP contribution is -2.40. The number of nitrogens with zero attached hydrogens (tertiary/aromatic N) is 2. The van der Waals surface area contributed by atoms with Gasteiger partial charge < -0.3 is 14.4 Å². The number of carbonyl (C=O) groups excluding carboxylic acids is 2. The van der Waals surface area contributed by atoms with Crippen LogP contribution in [0.1, 0.15) is 25.0 Å². The average molecular weight is 441 g/mol. The molecule has 2 aromatic rings. The maximum atomic E-state index is 13.4. The van der Waals surface area contributed by atoms with Gasteiger partial charge in [0.2, 0.25) is 0 Å². The molecule has 1 saturated heterocycles. The van der Waals surface area contributed by atoms with Crippen molar-refractivity contribution in [3.8, 4) is 5.75 Å². The van der Waals surface area contributed by atoms with Gasteiger partial charge in [0, 0.05) is 18.1 Å². The van der Waals surface area contributed by atoms with Gasteiger partial charge in [-0.15, -0.1) is 0 Å². The highest BCUT2D eigenvalue weighted by Gasteiger charge is 2.41. The second-order valence-electron chi connectivity index (χ2n) is 7.84. The van der Waals surface area contributed by atoms with Crippen molar-refractivity contribution in [2.24, 2.45) is 0 Å². The van der Waals surface area contributed by atoms with Gasteiger partial charge in [0.25, 0.3) is 11.8 Å². The van der Waals surface area contributed by atoms with Crippen LogP contribution in [0.4, 0.5) is 0 Å². The average Bonchev–Trinajstić information content (AvgIpc) is 3.01. The Morgan fingerprint density at radius 1 is 0.968 bits per heavy atom. The van der Waals surface area contributed by atoms with E-state index in [-0.39, 0.29) is 24.5 Å². The molecule has 0 spiro atoms. The van der Waals surface area contributed by atoms with Gasteiger partial charge >= 0.3 is 0 Å². The first-order valence-electron chi connectivity index (χ1n) is 10.4. The predicted octanol–water partition coefficient (Wildman–Crippen LogP) is 3.74. The number of halogens is 1. The second-order valence-corrected chi connectivity index (χ2v) is 8.27. The van der Waals surface area contributed by atoms with E-state index in [1.54, 1.807) is 12.1 Å². The van der Waals surface area contributed by atoms with Crippen LogP contribution in [0.15, 0.2) is 54.2 Å². The summed E-state index contributed by atoms with van der Waals surface area (Å²) in [6.07, 6.45) is 0.0542. The summed E-state index contributed by atoms with van der Waals surface area (Å²) < 4.78 is 11.2. The third kappa shape index (κ3) is 4.60. The Morgan fingerprint density at radius 3 is 2.23 bits per heavy atom. The minimum Gasteiger partial charge on any atom is -0.491 e. The fraction of sp³-hybridized carbons (Fsp3) is 0.333. The van der Waals surface area contributed by atoms with Crippen molar-refractivity contribution in [1.82, 2.24) is 9.80 Å². The molecular weight excluding hydrogens is 416 g/mol. The third-order valence-corrected chi connectivity index (χ3v) is 5.49. The van der Waals surface area contributed by atoms with E-state index in [9.17, 15) is 9.59 Å². The molecule has 1 fully saturated rings. The third-order valence-electron chi connectivity index (χ3n) is 5.24. The van der Waals surface area contributed by atoms with Gasteiger partial charge in [0.05, 0.1) is 31.4 Å². The minimum atomic E-state index is -0.293. The molecule has 0 N–H and O–H groups in total. The largest absolute Gasteiger partial charge is 0.491 e. The first-order chi connectivity index (χ1) is 14.9. The number of morpholine rings is 1. The van der Waals surface area contributed by atoms with Crippen molar-refractivity contribution >= 4 is 29.0 Å². The first-order valence-corrected chi connectivity index (χ1v) is 10.8. The Bertz CT molecular complexity index is 993. The molecule has 0 saturated carbocycles. The van der Waals surface area contributed by atoms with E-state index < -0.39 is 0 Å². The first kappa shape index (κ1) is 21.4. The summed E-state index contributed by atoms with van der Waals surface area (Å²) in [4.78, 5) is 30.1. The summed E-state index contributed by atoms with van der Waals surface area (Å²) in [5.41, 5.74) is 2.42. The van der Waals surface area contributed by atoms with Crippen LogP contribution in [-0.4, -0.2) is 54.0 Å². The van der Waals surface area contributed by atoms with Crippen molar-refractivity contribution in [2.75, 3.05) is 26.3 Å². The van der Waals surface area contributed by atoms with E-state index in [0.717, 1.165) is 11.3 Å². The summed E-state index contributed by atoms with van der Waals surface area (Å²) in [6.45, 7) is 6.30. The van der Waals surface area contributed by atoms with Crippen molar-refractivity contribution in [2.45, 2.75) is 26.5 Å². The zero-order valence-corrected chi connectivity index (χ0v) is 18.4. The minimum absolute atomic E-state index is 0.0542. The van der Waals surface area contributed by atoms with E-state index >= 15 is 0 Å². The van der Waals surface area contributed by atoms with Crippen LogP contribution >= 0.6 is 11.6 Å². The summed E-state index contributed by atoms with van der Waals surface area (Å²) in [5.74, 6) is 0.153. The van der Waals surface area contributed by atoms with E-state index in [1.807, 2.05) is 55.1 Å². The van der Waals surface area contributed by atoms with Crippen LogP contribution in [0.3, 0.4) is 0 Å². The molecule has 162 valence electrons. The number of hydrogen-bond acceptors (Lipinski definition) is 5. The molecule has 2 heterocycles. The molecule has 2 aliphatic heterocycles. The fourth-order valence-corrected chi connectivity index (χ4v) is 3.92. The molecule has 0 bridgehead atoms. The maximum Gasteiger partial charge on any atom is 0.278 e. The number of benzene rings is 2. The quantitative estimate of drug-likeness (QED) is 0.640. The highest BCUT2D eigenvalue weighted by Crippen LogP contribution is 2.34. The van der Waals surface area contributed by atoms with E-state index in [1.165, 1.54) is 4.90 Å². The van der Waals surface area contributed by atoms with Gasteiger partial charge in [-0.25, -0.2) is 0 Å². The van der Waals surface area contributed by atoms with Gasteiger partial charge in [-0.2, -0.15) is 0 Å². The van der Waals surface area contributed by atoms with Crippen LogP contribution < -0.4 is 4.74 Å². The van der Waals surface area contributed by atoms with Crippen molar-refractivity contribution < 1.29 is 19.1 Å². The monoisotopic (exact) mass is 440 g/mol. The summed E-state index contributed by atoms with van der Waals surface area (Å²) in [6, 6.07) is 14.5. The van der Waals surface area contributed by atoms with E-state index in [0.29, 0.717) is 48.2 Å². The van der Waals surface area contributed by atoms with Gasteiger partial charge in [0.1, 0.15) is 11.4 Å². The van der Waals surface area contributed by atoms with Crippen molar-refractivity contribution in [1.29, 1.82) is 0 Å². The Hall–Kier alpha value is -2.83. The van der Waals surface area contributed by atoms with Crippen LogP contribution in [0.5, 0.6) is 5.75 Å². The molecule has 6 nitrogen and oxygen atoms in total. The van der Waals surface area contributed by atoms with E-state index in [4.69, 9.17) is 21.1 Å². The molecule has 0 aliphatic carbocycles. The number of rotatable bonds is 6. The molecule has 2 amide bonds. The Morgan fingerprint density at radius 2 is 1.61 bits per heavy atom. The Balaban J connectivity index is 1.68. The Kier molecular flexibility index (Phi) is 6.30. The lowest BCUT2D eigenvalue weighted by atomic mass is 10.0. The van der Waals surface area contributed by atoms with Gasteiger partial charge in [-0.1, -0.05) is 35.9 Å². The summed E-state index contributed by atoms with van der Waals surface area (Å²) in [5, 5.41) is 0.611. The zero-order valence-electron chi connectivity index (χ0n) is 17.6. The van der Waals surface area contributed by atoms with E-state index in [2.05, 4.69) is 0 Å². The molecule has 0 aromatic heterocycles. The zero-order chi connectivity index (χ0) is 22.0. The van der Waals surface area contributed by atoms with Crippen LogP contribution in [0, 0.1) is 0 Å². The molecule has 2 aromatic carbocycles. The van der Waals surface area contributed by atoms with Gasteiger partial charge in [-0.3, -0.25) is 14.5 Å². The van der Waals surface area contributed by atoms with Crippen molar-refractivity contribution in [3.05, 3.63) is 70.4 Å². The molecule has 0 radical (unpaired) electrons. The molecule has 4 rings (SSSR count). The van der Waals surface area contributed by atoms with Gasteiger partial charge in [0.15, 0.2) is 0 Å². The molecule has 31 heavy (non-hydrogen) atoms. The lowest BCUT2D eigenvalue weighted by molar-refractivity contribution is -0.138. The molecule has 0 atom stereocenters. The normalized spacial score (nSPS) is 17.2. The van der Waals surface area contributed by atoms with Crippen LogP contribution in [0.2, 0.25) is 5.02 Å². The smallest absolute Gasteiger partial charge is 0.278 e. The van der Waals surface area contributed by atoms with Gasteiger partial charge in [-0.05, 0) is 49.2 Å². The number of amides is 2. The number of imide groups is 1. The maximum absolute atomic E-state index is 13.4.